The van der Waals surface area contributed by atoms with Crippen LogP contribution in [0.3, 0.4) is 0 Å². The second kappa shape index (κ2) is 12.4. The minimum Gasteiger partial charge on any atom is -0.395 e. The Morgan fingerprint density at radius 1 is 0.512 bits per heavy atom. The normalized spacial score (nSPS) is 17.7. The third-order valence-electron chi connectivity index (χ3n) is 10.3. The largest absolute Gasteiger partial charge is 0.519 e. The minimum atomic E-state index is -0.708. The molecule has 3 heteroatoms. The molecule has 4 aromatic carbocycles. The lowest BCUT2D eigenvalue weighted by Gasteiger charge is -2.39. The van der Waals surface area contributed by atoms with E-state index >= 15 is 0 Å². The summed E-state index contributed by atoms with van der Waals surface area (Å²) in [5, 5.41) is 0. The highest BCUT2D eigenvalue weighted by Gasteiger charge is 2.37. The van der Waals surface area contributed by atoms with Crippen LogP contribution in [0.1, 0.15) is 103 Å². The zero-order valence-electron chi connectivity index (χ0n) is 26.0. The number of hydrogen-bond donors (Lipinski definition) is 0. The summed E-state index contributed by atoms with van der Waals surface area (Å²) in [6.45, 7) is 6.38. The quantitative estimate of drug-likeness (QED) is 0.170. The van der Waals surface area contributed by atoms with Gasteiger partial charge in [0.1, 0.15) is 11.5 Å². The van der Waals surface area contributed by atoms with Gasteiger partial charge in [0.2, 0.25) is 0 Å². The topological polar surface area (TPSA) is 35.5 Å². The van der Waals surface area contributed by atoms with Crippen molar-refractivity contribution in [1.82, 2.24) is 0 Å². The van der Waals surface area contributed by atoms with Crippen molar-refractivity contribution in [3.63, 3.8) is 0 Å². The van der Waals surface area contributed by atoms with E-state index in [4.69, 9.17) is 9.47 Å². The molecule has 0 aromatic heterocycles. The monoisotopic (exact) mass is 572 g/mol. The van der Waals surface area contributed by atoms with Crippen molar-refractivity contribution in [3.8, 4) is 11.5 Å². The standard InChI is InChI=1S/C40H44O3/c1-29-15-16-34(27-30(29)2)40(25-11-6-12-26-40)33-17-20-36(21-18-33)42-38(41)43-37-22-19-35(28-31(37)3)39(23-9-5-10-24-39)32-13-7-4-8-14-32/h4,7-8,13-22,27-28H,5-6,9-12,23-26H2,1-3H3. The number of benzene rings is 4. The lowest BCUT2D eigenvalue weighted by atomic mass is 9.65. The Morgan fingerprint density at radius 3 is 1.58 bits per heavy atom. The molecule has 0 radical (unpaired) electrons. The first-order valence-electron chi connectivity index (χ1n) is 16.1. The number of hydrogen-bond acceptors (Lipinski definition) is 3. The van der Waals surface area contributed by atoms with Gasteiger partial charge in [-0.05, 0) is 104 Å². The molecule has 2 aliphatic rings. The second-order valence-corrected chi connectivity index (χ2v) is 12.9. The van der Waals surface area contributed by atoms with E-state index in [0.717, 1.165) is 31.2 Å². The Hall–Kier alpha value is -3.85. The molecule has 2 saturated carbocycles. The maximum absolute atomic E-state index is 12.9. The van der Waals surface area contributed by atoms with E-state index in [1.807, 2.05) is 25.1 Å². The highest BCUT2D eigenvalue weighted by molar-refractivity contribution is 5.68. The zero-order valence-corrected chi connectivity index (χ0v) is 26.0. The maximum atomic E-state index is 12.9. The average molecular weight is 573 g/mol. The molecule has 222 valence electrons. The number of carbonyl (C=O) groups excluding carboxylic acids is 1. The first-order valence-corrected chi connectivity index (χ1v) is 16.1. The molecule has 0 N–H and O–H groups in total. The lowest BCUT2D eigenvalue weighted by Crippen LogP contribution is -2.30. The van der Waals surface area contributed by atoms with E-state index in [-0.39, 0.29) is 10.8 Å². The van der Waals surface area contributed by atoms with Crippen LogP contribution >= 0.6 is 0 Å². The van der Waals surface area contributed by atoms with Gasteiger partial charge in [-0.1, -0.05) is 111 Å². The molecule has 4 aromatic rings. The highest BCUT2D eigenvalue weighted by Crippen LogP contribution is 2.47. The summed E-state index contributed by atoms with van der Waals surface area (Å²) < 4.78 is 11.4. The molecule has 0 bridgehead atoms. The van der Waals surface area contributed by atoms with Crippen molar-refractivity contribution < 1.29 is 14.3 Å². The fourth-order valence-electron chi connectivity index (χ4n) is 7.71. The average Bonchev–Trinajstić information content (AvgIpc) is 3.04. The van der Waals surface area contributed by atoms with Gasteiger partial charge in [-0.25, -0.2) is 4.79 Å². The molecule has 6 rings (SSSR count). The van der Waals surface area contributed by atoms with Crippen molar-refractivity contribution >= 4 is 6.16 Å². The molecule has 3 nitrogen and oxygen atoms in total. The summed E-state index contributed by atoms with van der Waals surface area (Å²) in [6, 6.07) is 32.2. The van der Waals surface area contributed by atoms with Gasteiger partial charge in [0.05, 0.1) is 0 Å². The molecule has 2 aliphatic carbocycles. The van der Waals surface area contributed by atoms with E-state index in [0.29, 0.717) is 11.5 Å². The van der Waals surface area contributed by atoms with Crippen molar-refractivity contribution in [2.45, 2.75) is 95.8 Å². The fraction of sp³-hybridized carbons (Fsp3) is 0.375. The summed E-state index contributed by atoms with van der Waals surface area (Å²) in [5.74, 6) is 1.04. The Kier molecular flexibility index (Phi) is 8.43. The molecule has 0 amide bonds. The Bertz CT molecular complexity index is 1560. The molecule has 0 saturated heterocycles. The van der Waals surface area contributed by atoms with Gasteiger partial charge < -0.3 is 9.47 Å². The van der Waals surface area contributed by atoms with E-state index in [2.05, 4.69) is 86.6 Å². The van der Waals surface area contributed by atoms with E-state index in [1.54, 1.807) is 0 Å². The summed E-state index contributed by atoms with van der Waals surface area (Å²) in [6.07, 6.45) is 11.3. The number of rotatable bonds is 6. The van der Waals surface area contributed by atoms with Crippen LogP contribution in [-0.4, -0.2) is 6.16 Å². The maximum Gasteiger partial charge on any atom is 0.519 e. The Balaban J connectivity index is 1.17. The van der Waals surface area contributed by atoms with Gasteiger partial charge in [0.25, 0.3) is 0 Å². The van der Waals surface area contributed by atoms with Crippen molar-refractivity contribution in [2.24, 2.45) is 0 Å². The zero-order chi connectivity index (χ0) is 29.9. The van der Waals surface area contributed by atoms with Gasteiger partial charge in [0, 0.05) is 10.8 Å². The molecule has 2 fully saturated rings. The van der Waals surface area contributed by atoms with Crippen molar-refractivity contribution in [3.05, 3.63) is 130 Å². The van der Waals surface area contributed by atoms with Gasteiger partial charge >= 0.3 is 6.16 Å². The number of aryl methyl sites for hydroxylation is 3. The van der Waals surface area contributed by atoms with Crippen LogP contribution < -0.4 is 9.47 Å². The summed E-state index contributed by atoms with van der Waals surface area (Å²) >= 11 is 0. The van der Waals surface area contributed by atoms with Gasteiger partial charge in [-0.3, -0.25) is 0 Å². The highest BCUT2D eigenvalue weighted by atomic mass is 16.7. The minimum absolute atomic E-state index is 0.00402. The van der Waals surface area contributed by atoms with Gasteiger partial charge in [-0.2, -0.15) is 0 Å². The van der Waals surface area contributed by atoms with Crippen LogP contribution in [0.4, 0.5) is 4.79 Å². The molecule has 0 atom stereocenters. The number of carbonyl (C=O) groups is 1. The van der Waals surface area contributed by atoms with Crippen LogP contribution in [0, 0.1) is 20.8 Å². The third kappa shape index (κ3) is 5.87. The van der Waals surface area contributed by atoms with E-state index < -0.39 is 6.16 Å². The SMILES string of the molecule is Cc1ccc(C2(c3ccc(OC(=O)Oc4ccc(C5(c6ccccc6)CCCCC5)cc4C)cc3)CCCCC2)cc1C. The Labute approximate surface area is 257 Å². The van der Waals surface area contributed by atoms with Crippen LogP contribution in [-0.2, 0) is 10.8 Å². The van der Waals surface area contributed by atoms with E-state index in [1.165, 1.54) is 71.9 Å². The third-order valence-corrected chi connectivity index (χ3v) is 10.3. The lowest BCUT2D eigenvalue weighted by molar-refractivity contribution is 0.151. The van der Waals surface area contributed by atoms with Crippen LogP contribution in [0.2, 0.25) is 0 Å². The Morgan fingerprint density at radius 2 is 1.02 bits per heavy atom. The van der Waals surface area contributed by atoms with E-state index in [9.17, 15) is 4.79 Å². The predicted octanol–water partition coefficient (Wildman–Crippen LogP) is 10.7. The molecule has 0 unspecified atom stereocenters. The first-order chi connectivity index (χ1) is 20.9. The summed E-state index contributed by atoms with van der Waals surface area (Å²) in [5.41, 5.74) is 8.97. The molecular formula is C40H44O3. The molecule has 0 spiro atoms. The van der Waals surface area contributed by atoms with Crippen molar-refractivity contribution in [1.29, 1.82) is 0 Å². The molecule has 0 heterocycles. The molecule has 0 aliphatic heterocycles. The smallest absolute Gasteiger partial charge is 0.395 e. The summed E-state index contributed by atoms with van der Waals surface area (Å²) in [4.78, 5) is 12.9. The van der Waals surface area contributed by atoms with Crippen molar-refractivity contribution in [2.75, 3.05) is 0 Å². The van der Waals surface area contributed by atoms with Gasteiger partial charge in [0.15, 0.2) is 0 Å². The van der Waals surface area contributed by atoms with Gasteiger partial charge in [-0.15, -0.1) is 0 Å². The molecular weight excluding hydrogens is 528 g/mol. The van der Waals surface area contributed by atoms with Crippen LogP contribution in [0.15, 0.2) is 91.0 Å². The van der Waals surface area contributed by atoms with Crippen LogP contribution in [0.25, 0.3) is 0 Å². The predicted molar refractivity (Wildman–Crippen MR) is 174 cm³/mol. The van der Waals surface area contributed by atoms with Crippen LogP contribution in [0.5, 0.6) is 11.5 Å². The summed E-state index contributed by atoms with van der Waals surface area (Å²) in [7, 11) is 0. The second-order valence-electron chi connectivity index (χ2n) is 12.9. The fourth-order valence-corrected chi connectivity index (χ4v) is 7.71. The first kappa shape index (κ1) is 29.2. The number of ether oxygens (including phenoxy) is 2. The molecule has 43 heavy (non-hydrogen) atoms.